The number of hydrogen-bond acceptors (Lipinski definition) is 1. The summed E-state index contributed by atoms with van der Waals surface area (Å²) in [7, 11) is 0. The van der Waals surface area contributed by atoms with Crippen molar-refractivity contribution in [3.05, 3.63) is 0 Å². The Balaban J connectivity index is 0. The molecule has 1 atom stereocenters. The van der Waals surface area contributed by atoms with Gasteiger partial charge in [0.2, 0.25) is 0 Å². The summed E-state index contributed by atoms with van der Waals surface area (Å²) in [6, 6.07) is 0. The first-order chi connectivity index (χ1) is 1.73. The summed E-state index contributed by atoms with van der Waals surface area (Å²) in [6.07, 6.45) is 0. The van der Waals surface area contributed by atoms with Crippen LogP contribution in [-0.2, 0) is 0 Å². The number of alkyl halides is 1. The molecule has 3 heteroatoms. The maximum absolute atomic E-state index is 7.82. The van der Waals surface area contributed by atoms with Crippen LogP contribution in [0.15, 0.2) is 0 Å². The lowest BCUT2D eigenvalue weighted by Gasteiger charge is -1.77. The molecule has 0 radical (unpaired) electrons. The van der Waals surface area contributed by atoms with Crippen LogP contribution >= 0.6 is 24.0 Å². The van der Waals surface area contributed by atoms with E-state index in [2.05, 4.69) is 0 Å². The van der Waals surface area contributed by atoms with Gasteiger partial charge in [0, 0.05) is 0 Å². The predicted molar refractivity (Wildman–Crippen MR) is 24.8 cm³/mol. The molecule has 5 heavy (non-hydrogen) atoms. The Morgan fingerprint density at radius 1 is 1.80 bits per heavy atom. The first-order valence-corrected chi connectivity index (χ1v) is 1.49. The highest BCUT2D eigenvalue weighted by Gasteiger charge is 1.72. The maximum atomic E-state index is 7.82. The van der Waals surface area contributed by atoms with Crippen LogP contribution in [0.3, 0.4) is 0 Å². The summed E-state index contributed by atoms with van der Waals surface area (Å²) in [5.74, 6) is 0. The molecule has 0 aromatic rings. The van der Waals surface area contributed by atoms with Crippen molar-refractivity contribution >= 4 is 24.0 Å². The third-order valence-corrected chi connectivity index (χ3v) is 0. The molecule has 0 rings (SSSR count). The second-order valence-corrected chi connectivity index (χ2v) is 1.21. The zero-order chi connectivity index (χ0) is 3.58. The van der Waals surface area contributed by atoms with Gasteiger partial charge in [-0.15, -0.1) is 12.4 Å². The minimum Gasteiger partial charge on any atom is -0.378 e. The van der Waals surface area contributed by atoms with Crippen LogP contribution < -0.4 is 0 Å². The van der Waals surface area contributed by atoms with Crippen molar-refractivity contribution in [1.82, 2.24) is 0 Å². The first-order valence-electron chi connectivity index (χ1n) is 1.05. The van der Waals surface area contributed by atoms with E-state index >= 15 is 0 Å². The van der Waals surface area contributed by atoms with E-state index < -0.39 is 5.56 Å². The Morgan fingerprint density at radius 3 is 1.80 bits per heavy atom. The van der Waals surface area contributed by atoms with Gasteiger partial charge in [-0.25, -0.2) is 0 Å². The van der Waals surface area contributed by atoms with Crippen LogP contribution in [0.5, 0.6) is 0 Å². The Bertz CT molecular complexity index is 12.4. The highest BCUT2D eigenvalue weighted by atomic mass is 35.5. The third-order valence-electron chi connectivity index (χ3n) is 0. The highest BCUT2D eigenvalue weighted by Crippen LogP contribution is 1.79. The molecule has 0 aliphatic carbocycles. The molecule has 0 aromatic heterocycles. The summed E-state index contributed by atoms with van der Waals surface area (Å²) in [5.41, 5.74) is -0.694. The summed E-state index contributed by atoms with van der Waals surface area (Å²) < 4.78 is 0. The Morgan fingerprint density at radius 2 is 1.80 bits per heavy atom. The van der Waals surface area contributed by atoms with Crippen LogP contribution in [0.4, 0.5) is 0 Å². The van der Waals surface area contributed by atoms with E-state index in [1.807, 2.05) is 0 Å². The van der Waals surface area contributed by atoms with E-state index in [0.717, 1.165) is 0 Å². The zero-order valence-electron chi connectivity index (χ0n) is 2.81. The second-order valence-electron chi connectivity index (χ2n) is 0.574. The monoisotopic (exact) mass is 116 g/mol. The van der Waals surface area contributed by atoms with Crippen molar-refractivity contribution in [2.75, 3.05) is 0 Å². The summed E-state index contributed by atoms with van der Waals surface area (Å²) in [6.45, 7) is 1.49. The average molecular weight is 117 g/mol. The van der Waals surface area contributed by atoms with Crippen molar-refractivity contribution in [1.29, 1.82) is 0 Å². The lowest BCUT2D eigenvalue weighted by Crippen LogP contribution is -1.79. The summed E-state index contributed by atoms with van der Waals surface area (Å²) in [5, 5.41) is 7.82. The minimum atomic E-state index is -0.694. The maximum Gasteiger partial charge on any atom is 0.125 e. The third kappa shape index (κ3) is 100. The van der Waals surface area contributed by atoms with Gasteiger partial charge in [0.25, 0.3) is 0 Å². The molecular formula is C2H6Cl2O. The fourth-order valence-corrected chi connectivity index (χ4v) is 0. The Kier molecular flexibility index (Phi) is 8.27. The van der Waals surface area contributed by atoms with Crippen LogP contribution in [0.2, 0.25) is 0 Å². The van der Waals surface area contributed by atoms with E-state index in [1.165, 1.54) is 6.92 Å². The molecule has 0 spiro atoms. The van der Waals surface area contributed by atoms with Gasteiger partial charge in [-0.05, 0) is 6.92 Å². The van der Waals surface area contributed by atoms with E-state index in [1.54, 1.807) is 0 Å². The van der Waals surface area contributed by atoms with Crippen molar-refractivity contribution in [2.24, 2.45) is 0 Å². The van der Waals surface area contributed by atoms with Gasteiger partial charge in [-0.2, -0.15) is 0 Å². The molecule has 0 bridgehead atoms. The van der Waals surface area contributed by atoms with Gasteiger partial charge in [0.15, 0.2) is 0 Å². The highest BCUT2D eigenvalue weighted by molar-refractivity contribution is 6.19. The Labute approximate surface area is 42.4 Å². The molecule has 1 N–H and O–H groups in total. The summed E-state index contributed by atoms with van der Waals surface area (Å²) in [4.78, 5) is 0. The number of rotatable bonds is 0. The van der Waals surface area contributed by atoms with E-state index in [4.69, 9.17) is 16.7 Å². The lowest BCUT2D eigenvalue weighted by atomic mass is 10.9. The van der Waals surface area contributed by atoms with Gasteiger partial charge in [-0.3, -0.25) is 0 Å². The number of halogens is 2. The molecule has 0 aliphatic rings. The van der Waals surface area contributed by atoms with Gasteiger partial charge in [0.05, 0.1) is 0 Å². The van der Waals surface area contributed by atoms with Crippen LogP contribution in [0, 0.1) is 0 Å². The molecule has 0 amide bonds. The fraction of sp³-hybridized carbons (Fsp3) is 1.00. The molecule has 0 fully saturated rings. The van der Waals surface area contributed by atoms with Gasteiger partial charge < -0.3 is 5.11 Å². The van der Waals surface area contributed by atoms with Crippen LogP contribution in [-0.4, -0.2) is 10.7 Å². The van der Waals surface area contributed by atoms with Gasteiger partial charge in [0.1, 0.15) is 5.56 Å². The lowest BCUT2D eigenvalue weighted by molar-refractivity contribution is 0.277. The smallest absolute Gasteiger partial charge is 0.125 e. The fourth-order valence-electron chi connectivity index (χ4n) is 0. The largest absolute Gasteiger partial charge is 0.378 e. The van der Waals surface area contributed by atoms with Gasteiger partial charge >= 0.3 is 0 Å². The van der Waals surface area contributed by atoms with Crippen molar-refractivity contribution < 1.29 is 5.11 Å². The summed E-state index contributed by atoms with van der Waals surface area (Å²) >= 11 is 4.83. The van der Waals surface area contributed by atoms with Crippen LogP contribution in [0.1, 0.15) is 6.92 Å². The molecule has 0 aliphatic heterocycles. The molecular weight excluding hydrogens is 111 g/mol. The second kappa shape index (κ2) is 4.54. The number of aliphatic hydroxyl groups is 1. The molecule has 0 aromatic carbocycles. The van der Waals surface area contributed by atoms with Crippen molar-refractivity contribution in [3.8, 4) is 0 Å². The topological polar surface area (TPSA) is 20.2 Å². The van der Waals surface area contributed by atoms with E-state index in [9.17, 15) is 0 Å². The zero-order valence-corrected chi connectivity index (χ0v) is 4.38. The Hall–Kier alpha value is 0.540. The van der Waals surface area contributed by atoms with Crippen LogP contribution in [0.25, 0.3) is 0 Å². The van der Waals surface area contributed by atoms with Crippen molar-refractivity contribution in [3.63, 3.8) is 0 Å². The van der Waals surface area contributed by atoms with Crippen molar-refractivity contribution in [2.45, 2.75) is 12.5 Å². The minimum absolute atomic E-state index is 0. The standard InChI is InChI=1S/C2H5ClO.ClH/c1-2(3)4;/h2,4H,1H3;1H. The molecule has 0 heterocycles. The SMILES string of the molecule is CC(O)Cl.Cl. The quantitative estimate of drug-likeness (QED) is 0.469. The van der Waals surface area contributed by atoms with E-state index in [0.29, 0.717) is 0 Å². The predicted octanol–water partition coefficient (Wildman–Crippen LogP) is 0.985. The van der Waals surface area contributed by atoms with E-state index in [-0.39, 0.29) is 12.4 Å². The molecule has 0 saturated heterocycles. The average Bonchev–Trinajstić information content (AvgIpc) is 0.811. The number of aliphatic hydroxyl groups excluding tert-OH is 1. The molecule has 1 nitrogen and oxygen atoms in total. The molecule has 34 valence electrons. The molecule has 1 unspecified atom stereocenters. The number of hydrogen-bond donors (Lipinski definition) is 1. The molecule has 0 saturated carbocycles. The first kappa shape index (κ1) is 9.11. The van der Waals surface area contributed by atoms with Gasteiger partial charge in [-0.1, -0.05) is 11.6 Å². The normalized spacial score (nSPS) is 12.6.